The molecule has 1 aliphatic rings. The zero-order chi connectivity index (χ0) is 24.4. The molecule has 10 heteroatoms. The van der Waals surface area contributed by atoms with Crippen LogP contribution in [0, 0.1) is 0 Å². The van der Waals surface area contributed by atoms with Crippen LogP contribution in [-0.2, 0) is 16.2 Å². The standard InChI is InChI=1S/C24H14BrCl3N2O4/c25-18-10-13(4-7-21(18)34-12-14-2-1-3-15(26)8-14)9-17-22(31)29-24(33)30(23(17)32)16-5-6-19(27)20(28)11-16/h1-11H,12H2,(H,29,31,33)/b17-9+. The number of barbiturate groups is 1. The van der Waals surface area contributed by atoms with Crippen molar-refractivity contribution in [1.29, 1.82) is 0 Å². The molecule has 0 spiro atoms. The molecule has 1 heterocycles. The van der Waals surface area contributed by atoms with Crippen LogP contribution in [-0.4, -0.2) is 17.8 Å². The van der Waals surface area contributed by atoms with E-state index < -0.39 is 17.8 Å². The molecule has 172 valence electrons. The summed E-state index contributed by atoms with van der Waals surface area (Å²) >= 11 is 21.4. The molecule has 0 radical (unpaired) electrons. The number of ether oxygens (including phenoxy) is 1. The van der Waals surface area contributed by atoms with Crippen molar-refractivity contribution >= 4 is 80.3 Å². The van der Waals surface area contributed by atoms with Gasteiger partial charge in [-0.3, -0.25) is 14.9 Å². The Kier molecular flexibility index (Phi) is 7.28. The number of rotatable bonds is 5. The van der Waals surface area contributed by atoms with E-state index in [2.05, 4.69) is 21.2 Å². The fraction of sp³-hybridized carbons (Fsp3) is 0.0417. The number of carbonyl (C=O) groups excluding carboxylic acids is 3. The first-order chi connectivity index (χ1) is 16.2. The number of anilines is 1. The lowest BCUT2D eigenvalue weighted by Crippen LogP contribution is -2.54. The first-order valence-electron chi connectivity index (χ1n) is 9.76. The summed E-state index contributed by atoms with van der Waals surface area (Å²) in [6, 6.07) is 15.8. The summed E-state index contributed by atoms with van der Waals surface area (Å²) in [7, 11) is 0. The van der Waals surface area contributed by atoms with E-state index in [1.807, 2.05) is 18.2 Å². The number of carbonyl (C=O) groups is 3. The molecular formula is C24H14BrCl3N2O4. The maximum absolute atomic E-state index is 13.0. The van der Waals surface area contributed by atoms with E-state index in [-0.39, 0.29) is 21.3 Å². The Morgan fingerprint density at radius 2 is 1.74 bits per heavy atom. The largest absolute Gasteiger partial charge is 0.488 e. The molecular weight excluding hydrogens is 567 g/mol. The molecule has 1 aliphatic heterocycles. The molecule has 3 aromatic rings. The highest BCUT2D eigenvalue weighted by Crippen LogP contribution is 2.31. The smallest absolute Gasteiger partial charge is 0.335 e. The van der Waals surface area contributed by atoms with Crippen LogP contribution >= 0.6 is 50.7 Å². The van der Waals surface area contributed by atoms with Gasteiger partial charge in [0.2, 0.25) is 0 Å². The monoisotopic (exact) mass is 578 g/mol. The zero-order valence-corrected chi connectivity index (χ0v) is 21.0. The molecule has 4 amide bonds. The topological polar surface area (TPSA) is 75.7 Å². The molecule has 34 heavy (non-hydrogen) atoms. The Balaban J connectivity index is 1.57. The van der Waals surface area contributed by atoms with Gasteiger partial charge >= 0.3 is 6.03 Å². The molecule has 0 atom stereocenters. The Labute approximate surface area is 218 Å². The number of imide groups is 2. The first kappa shape index (κ1) is 24.3. The van der Waals surface area contributed by atoms with Crippen molar-refractivity contribution in [3.05, 3.63) is 96.9 Å². The Morgan fingerprint density at radius 1 is 0.941 bits per heavy atom. The molecule has 0 unspecified atom stereocenters. The third kappa shape index (κ3) is 5.28. The molecule has 4 rings (SSSR count). The second-order valence-electron chi connectivity index (χ2n) is 7.16. The van der Waals surface area contributed by atoms with Crippen LogP contribution in [0.4, 0.5) is 10.5 Å². The van der Waals surface area contributed by atoms with Crippen molar-refractivity contribution in [2.24, 2.45) is 0 Å². The van der Waals surface area contributed by atoms with Crippen molar-refractivity contribution in [2.75, 3.05) is 4.90 Å². The van der Waals surface area contributed by atoms with E-state index in [4.69, 9.17) is 39.5 Å². The number of benzene rings is 3. The molecule has 1 saturated heterocycles. The van der Waals surface area contributed by atoms with Crippen LogP contribution in [0.25, 0.3) is 6.08 Å². The fourth-order valence-electron chi connectivity index (χ4n) is 3.19. The summed E-state index contributed by atoms with van der Waals surface area (Å²) in [5, 5.41) is 3.22. The zero-order valence-electron chi connectivity index (χ0n) is 17.2. The molecule has 1 fully saturated rings. The van der Waals surface area contributed by atoms with E-state index in [9.17, 15) is 14.4 Å². The lowest BCUT2D eigenvalue weighted by atomic mass is 10.1. The number of hydrogen-bond donors (Lipinski definition) is 1. The Morgan fingerprint density at radius 3 is 2.44 bits per heavy atom. The van der Waals surface area contributed by atoms with Gasteiger partial charge in [-0.25, -0.2) is 9.69 Å². The number of hydrogen-bond acceptors (Lipinski definition) is 4. The second-order valence-corrected chi connectivity index (χ2v) is 9.27. The van der Waals surface area contributed by atoms with Crippen molar-refractivity contribution in [2.45, 2.75) is 6.61 Å². The van der Waals surface area contributed by atoms with E-state index in [1.54, 1.807) is 24.3 Å². The third-order valence-corrected chi connectivity index (χ3v) is 6.41. The molecule has 0 aliphatic carbocycles. The predicted octanol–water partition coefficient (Wildman–Crippen LogP) is 6.65. The quantitative estimate of drug-likeness (QED) is 0.271. The van der Waals surface area contributed by atoms with E-state index in [0.29, 0.717) is 27.4 Å². The molecule has 0 bridgehead atoms. The van der Waals surface area contributed by atoms with Crippen LogP contribution in [0.1, 0.15) is 11.1 Å². The van der Waals surface area contributed by atoms with Gasteiger partial charge in [-0.05, 0) is 75.6 Å². The highest BCUT2D eigenvalue weighted by atomic mass is 79.9. The molecule has 6 nitrogen and oxygen atoms in total. The van der Waals surface area contributed by atoms with Crippen LogP contribution in [0.2, 0.25) is 15.1 Å². The minimum atomic E-state index is -0.878. The average Bonchev–Trinajstić information content (AvgIpc) is 2.78. The summed E-state index contributed by atoms with van der Waals surface area (Å²) in [6.07, 6.45) is 1.39. The second kappa shape index (κ2) is 10.2. The maximum atomic E-state index is 13.0. The summed E-state index contributed by atoms with van der Waals surface area (Å²) in [5.74, 6) is -1.03. The number of amides is 4. The van der Waals surface area contributed by atoms with Crippen LogP contribution in [0.3, 0.4) is 0 Å². The Hall–Kier alpha value is -2.84. The lowest BCUT2D eigenvalue weighted by Gasteiger charge is -2.26. The fourth-order valence-corrected chi connectivity index (χ4v) is 4.21. The third-order valence-electron chi connectivity index (χ3n) is 4.81. The van der Waals surface area contributed by atoms with Gasteiger partial charge < -0.3 is 4.74 Å². The van der Waals surface area contributed by atoms with Crippen molar-refractivity contribution < 1.29 is 19.1 Å². The van der Waals surface area contributed by atoms with E-state index in [0.717, 1.165) is 10.5 Å². The minimum Gasteiger partial charge on any atom is -0.488 e. The Bertz CT molecular complexity index is 1360. The number of nitrogens with zero attached hydrogens (tertiary/aromatic N) is 1. The van der Waals surface area contributed by atoms with Gasteiger partial charge in [0.1, 0.15) is 17.9 Å². The minimum absolute atomic E-state index is 0.166. The van der Waals surface area contributed by atoms with E-state index in [1.165, 1.54) is 24.3 Å². The number of urea groups is 1. The van der Waals surface area contributed by atoms with E-state index >= 15 is 0 Å². The van der Waals surface area contributed by atoms with Gasteiger partial charge in [-0.1, -0.05) is 53.0 Å². The van der Waals surface area contributed by atoms with Crippen molar-refractivity contribution in [3.63, 3.8) is 0 Å². The summed E-state index contributed by atoms with van der Waals surface area (Å²) in [6.45, 7) is 0.307. The number of halogens is 4. The van der Waals surface area contributed by atoms with Gasteiger partial charge in [-0.2, -0.15) is 0 Å². The average molecular weight is 581 g/mol. The summed E-state index contributed by atoms with van der Waals surface area (Å²) < 4.78 is 6.44. The SMILES string of the molecule is O=C1NC(=O)N(c2ccc(Cl)c(Cl)c2)C(=O)/C1=C/c1ccc(OCc2cccc(Cl)c2)c(Br)c1. The van der Waals surface area contributed by atoms with Gasteiger partial charge in [0.05, 0.1) is 20.2 Å². The summed E-state index contributed by atoms with van der Waals surface area (Å²) in [4.78, 5) is 38.6. The van der Waals surface area contributed by atoms with Crippen LogP contribution < -0.4 is 15.0 Å². The van der Waals surface area contributed by atoms with Gasteiger partial charge in [0.25, 0.3) is 11.8 Å². The highest BCUT2D eigenvalue weighted by molar-refractivity contribution is 9.10. The first-order valence-corrected chi connectivity index (χ1v) is 11.7. The summed E-state index contributed by atoms with van der Waals surface area (Å²) in [5.41, 5.74) is 1.41. The van der Waals surface area contributed by atoms with Crippen molar-refractivity contribution in [1.82, 2.24) is 5.32 Å². The normalized spacial score (nSPS) is 15.0. The van der Waals surface area contributed by atoms with Crippen molar-refractivity contribution in [3.8, 4) is 5.75 Å². The molecule has 0 aromatic heterocycles. The number of nitrogens with one attached hydrogen (secondary N) is 1. The highest BCUT2D eigenvalue weighted by Gasteiger charge is 2.37. The van der Waals surface area contributed by atoms with Crippen LogP contribution in [0.15, 0.2) is 70.7 Å². The van der Waals surface area contributed by atoms with Crippen LogP contribution in [0.5, 0.6) is 5.75 Å². The molecule has 3 aromatic carbocycles. The lowest BCUT2D eigenvalue weighted by molar-refractivity contribution is -0.122. The van der Waals surface area contributed by atoms with Gasteiger partial charge in [-0.15, -0.1) is 0 Å². The van der Waals surface area contributed by atoms with Gasteiger partial charge in [0, 0.05) is 5.02 Å². The predicted molar refractivity (Wildman–Crippen MR) is 135 cm³/mol. The molecule has 0 saturated carbocycles. The van der Waals surface area contributed by atoms with Gasteiger partial charge in [0.15, 0.2) is 0 Å². The molecule has 1 N–H and O–H groups in total. The maximum Gasteiger partial charge on any atom is 0.335 e.